The highest BCUT2D eigenvalue weighted by atomic mass is 28.4. The number of hydrogen-bond donors (Lipinski definition) is 0. The molecule has 7 heteroatoms. The standard InChI is InChI=1S/C17H18O6Si/c1-7-21-24(22-8-2,23-9-3)13-12-14-15(18-4)10-11-16(19-5)17(14)20-6/h1-3,10-11H,12-13H2,4-6H3. The molecular weight excluding hydrogens is 328 g/mol. The van der Waals surface area contributed by atoms with Crippen LogP contribution in [0.1, 0.15) is 5.56 Å². The maximum atomic E-state index is 5.42. The van der Waals surface area contributed by atoms with Gasteiger partial charge in [-0.1, -0.05) is 19.3 Å². The third-order valence-corrected chi connectivity index (χ3v) is 5.30. The molecule has 0 radical (unpaired) electrons. The van der Waals surface area contributed by atoms with Crippen molar-refractivity contribution < 1.29 is 27.5 Å². The van der Waals surface area contributed by atoms with Crippen LogP contribution in [0.25, 0.3) is 0 Å². The van der Waals surface area contributed by atoms with Crippen LogP contribution in [-0.4, -0.2) is 30.1 Å². The minimum atomic E-state index is -3.44. The van der Waals surface area contributed by atoms with Gasteiger partial charge in [0.1, 0.15) is 5.75 Å². The van der Waals surface area contributed by atoms with Gasteiger partial charge in [0, 0.05) is 5.56 Å². The van der Waals surface area contributed by atoms with Gasteiger partial charge in [-0.2, -0.15) is 0 Å². The highest BCUT2D eigenvalue weighted by Gasteiger charge is 2.48. The molecule has 126 valence electrons. The summed E-state index contributed by atoms with van der Waals surface area (Å²) in [5, 5.41) is 0. The summed E-state index contributed by atoms with van der Waals surface area (Å²) in [5.74, 6) is 1.66. The van der Waals surface area contributed by atoms with Crippen molar-refractivity contribution in [1.29, 1.82) is 0 Å². The Labute approximate surface area is 143 Å². The highest BCUT2D eigenvalue weighted by molar-refractivity contribution is 6.61. The topological polar surface area (TPSA) is 55.4 Å². The maximum absolute atomic E-state index is 5.42. The summed E-state index contributed by atoms with van der Waals surface area (Å²) in [6.07, 6.45) is 22.0. The molecule has 1 rings (SSSR count). The predicted octanol–water partition coefficient (Wildman–Crippen LogP) is 2.02. The van der Waals surface area contributed by atoms with E-state index in [-0.39, 0.29) is 6.04 Å². The van der Waals surface area contributed by atoms with Crippen LogP contribution < -0.4 is 14.2 Å². The molecule has 0 saturated carbocycles. The lowest BCUT2D eigenvalue weighted by Crippen LogP contribution is -2.42. The molecule has 0 amide bonds. The molecule has 0 aliphatic heterocycles. The van der Waals surface area contributed by atoms with Crippen molar-refractivity contribution in [2.24, 2.45) is 0 Å². The van der Waals surface area contributed by atoms with Crippen LogP contribution in [0.15, 0.2) is 12.1 Å². The van der Waals surface area contributed by atoms with Gasteiger partial charge in [0.25, 0.3) is 0 Å². The second-order valence-corrected chi connectivity index (χ2v) is 6.80. The molecule has 0 heterocycles. The van der Waals surface area contributed by atoms with E-state index < -0.39 is 8.80 Å². The molecule has 0 N–H and O–H groups in total. The summed E-state index contributed by atoms with van der Waals surface area (Å²) in [4.78, 5) is 0. The molecule has 0 aliphatic rings. The molecule has 6 nitrogen and oxygen atoms in total. The summed E-state index contributed by atoms with van der Waals surface area (Å²) in [5.41, 5.74) is 0.720. The van der Waals surface area contributed by atoms with E-state index in [1.54, 1.807) is 19.2 Å². The van der Waals surface area contributed by atoms with Gasteiger partial charge in [0.15, 0.2) is 11.5 Å². The molecule has 1 aromatic carbocycles. The zero-order valence-corrected chi connectivity index (χ0v) is 14.8. The van der Waals surface area contributed by atoms with Crippen LogP contribution in [-0.2, 0) is 19.7 Å². The fourth-order valence-electron chi connectivity index (χ4n) is 2.16. The van der Waals surface area contributed by atoms with Gasteiger partial charge < -0.3 is 27.5 Å². The van der Waals surface area contributed by atoms with Gasteiger partial charge in [0.2, 0.25) is 0 Å². The van der Waals surface area contributed by atoms with Crippen LogP contribution in [0.2, 0.25) is 6.04 Å². The average Bonchev–Trinajstić information content (AvgIpc) is 2.59. The Kier molecular flexibility index (Phi) is 7.23. The Hall–Kier alpha value is -3.08. The van der Waals surface area contributed by atoms with Crippen LogP contribution in [0, 0.1) is 37.6 Å². The highest BCUT2D eigenvalue weighted by Crippen LogP contribution is 2.39. The van der Waals surface area contributed by atoms with Crippen LogP contribution >= 0.6 is 0 Å². The molecule has 0 spiro atoms. The molecule has 1 aromatic rings. The van der Waals surface area contributed by atoms with Crippen LogP contribution in [0.5, 0.6) is 17.2 Å². The molecular formula is C17H18O6Si. The Morgan fingerprint density at radius 2 is 1.33 bits per heavy atom. The predicted molar refractivity (Wildman–Crippen MR) is 90.1 cm³/mol. The first-order valence-electron chi connectivity index (χ1n) is 6.80. The van der Waals surface area contributed by atoms with E-state index >= 15 is 0 Å². The minimum Gasteiger partial charge on any atom is -0.496 e. The van der Waals surface area contributed by atoms with Crippen molar-refractivity contribution in [3.63, 3.8) is 0 Å². The molecule has 0 aromatic heterocycles. The lowest BCUT2D eigenvalue weighted by Gasteiger charge is -2.22. The SMILES string of the molecule is C#CO[Si](CCc1c(OC)ccc(OC)c1OC)(OC#C)OC#C. The van der Waals surface area contributed by atoms with E-state index in [1.807, 2.05) is 18.3 Å². The van der Waals surface area contributed by atoms with Gasteiger partial charge in [0.05, 0.1) is 45.7 Å². The lowest BCUT2D eigenvalue weighted by molar-refractivity contribution is 0.211. The van der Waals surface area contributed by atoms with Crippen molar-refractivity contribution in [2.75, 3.05) is 21.3 Å². The molecule has 0 bridgehead atoms. The monoisotopic (exact) mass is 346 g/mol. The first-order valence-corrected chi connectivity index (χ1v) is 8.73. The third-order valence-electron chi connectivity index (χ3n) is 3.15. The number of benzene rings is 1. The largest absolute Gasteiger partial charge is 0.725 e. The molecule has 0 atom stereocenters. The fraction of sp³-hybridized carbons (Fsp3) is 0.294. The van der Waals surface area contributed by atoms with Gasteiger partial charge in [-0.15, -0.1) is 0 Å². The van der Waals surface area contributed by atoms with Crippen molar-refractivity contribution in [3.05, 3.63) is 17.7 Å². The minimum absolute atomic E-state index is 0.214. The summed E-state index contributed by atoms with van der Waals surface area (Å²) < 4.78 is 31.6. The average molecular weight is 346 g/mol. The van der Waals surface area contributed by atoms with Crippen molar-refractivity contribution >= 4 is 8.80 Å². The number of methoxy groups -OCH3 is 3. The number of hydrogen-bond acceptors (Lipinski definition) is 6. The Morgan fingerprint density at radius 1 is 0.833 bits per heavy atom. The van der Waals surface area contributed by atoms with E-state index in [4.69, 9.17) is 46.8 Å². The lowest BCUT2D eigenvalue weighted by atomic mass is 10.1. The first kappa shape index (κ1) is 19.0. The van der Waals surface area contributed by atoms with Crippen molar-refractivity contribution in [3.8, 4) is 54.8 Å². The van der Waals surface area contributed by atoms with E-state index in [1.165, 1.54) is 14.2 Å². The van der Waals surface area contributed by atoms with E-state index in [2.05, 4.69) is 0 Å². The van der Waals surface area contributed by atoms with E-state index in [9.17, 15) is 0 Å². The molecule has 0 unspecified atom stereocenters. The Bertz CT molecular complexity index is 639. The van der Waals surface area contributed by atoms with Gasteiger partial charge in [-0.05, 0) is 18.6 Å². The number of rotatable bonds is 9. The van der Waals surface area contributed by atoms with E-state index in [0.29, 0.717) is 23.7 Å². The normalized spacial score (nSPS) is 9.67. The molecule has 0 fully saturated rings. The maximum Gasteiger partial charge on any atom is 0.725 e. The van der Waals surface area contributed by atoms with E-state index in [0.717, 1.165) is 5.56 Å². The van der Waals surface area contributed by atoms with Crippen LogP contribution in [0.4, 0.5) is 0 Å². The van der Waals surface area contributed by atoms with Crippen molar-refractivity contribution in [1.82, 2.24) is 0 Å². The Balaban J connectivity index is 3.21. The third kappa shape index (κ3) is 4.22. The number of ether oxygens (including phenoxy) is 3. The number of terminal acetylenes is 3. The summed E-state index contributed by atoms with van der Waals surface area (Å²) >= 11 is 0. The first-order chi connectivity index (χ1) is 11.6. The van der Waals surface area contributed by atoms with Gasteiger partial charge >= 0.3 is 8.80 Å². The zero-order chi connectivity index (χ0) is 18.0. The fourth-order valence-corrected chi connectivity index (χ4v) is 3.69. The van der Waals surface area contributed by atoms with Gasteiger partial charge in [-0.25, -0.2) is 0 Å². The summed E-state index contributed by atoms with van der Waals surface area (Å²) in [6.45, 7) is 0. The second-order valence-electron chi connectivity index (χ2n) is 4.32. The Morgan fingerprint density at radius 3 is 1.75 bits per heavy atom. The smallest absolute Gasteiger partial charge is 0.496 e. The van der Waals surface area contributed by atoms with Gasteiger partial charge in [-0.3, -0.25) is 0 Å². The molecule has 0 aliphatic carbocycles. The molecule has 24 heavy (non-hydrogen) atoms. The second kappa shape index (κ2) is 9.15. The summed E-state index contributed by atoms with van der Waals surface area (Å²) in [6, 6.07) is 3.71. The molecule has 0 saturated heterocycles. The quantitative estimate of drug-likeness (QED) is 0.504. The van der Waals surface area contributed by atoms with Crippen molar-refractivity contribution in [2.45, 2.75) is 12.5 Å². The zero-order valence-electron chi connectivity index (χ0n) is 13.8. The summed E-state index contributed by atoms with van der Waals surface area (Å²) in [7, 11) is 1.17. The van der Waals surface area contributed by atoms with Crippen LogP contribution in [0.3, 0.4) is 0 Å².